The number of hydrogen-bond acceptors (Lipinski definition) is 4. The zero-order chi connectivity index (χ0) is 22.3. The molecule has 4 amide bonds. The molecule has 30 heavy (non-hydrogen) atoms. The van der Waals surface area contributed by atoms with Crippen molar-refractivity contribution < 1.29 is 24.3 Å². The van der Waals surface area contributed by atoms with E-state index in [0.717, 1.165) is 23.1 Å². The molecule has 0 saturated carbocycles. The summed E-state index contributed by atoms with van der Waals surface area (Å²) in [6.45, 7) is 7.94. The summed E-state index contributed by atoms with van der Waals surface area (Å²) < 4.78 is 0. The van der Waals surface area contributed by atoms with Gasteiger partial charge in [0.15, 0.2) is 0 Å². The molecule has 3 rings (SSSR count). The fourth-order valence-electron chi connectivity index (χ4n) is 3.70. The molecule has 0 aliphatic carbocycles. The zero-order valence-corrected chi connectivity index (χ0v) is 17.6. The van der Waals surface area contributed by atoms with Crippen molar-refractivity contribution in [3.63, 3.8) is 0 Å². The number of anilines is 1. The molecule has 1 aliphatic rings. The van der Waals surface area contributed by atoms with Gasteiger partial charge in [0.05, 0.1) is 22.4 Å². The monoisotopic (exact) mass is 408 g/mol. The highest BCUT2D eigenvalue weighted by Crippen LogP contribution is 2.40. The minimum absolute atomic E-state index is 0.0576. The first-order valence-corrected chi connectivity index (χ1v) is 9.73. The van der Waals surface area contributed by atoms with Gasteiger partial charge in [-0.05, 0) is 35.1 Å². The molecule has 156 valence electrons. The average molecular weight is 408 g/mol. The van der Waals surface area contributed by atoms with E-state index in [4.69, 9.17) is 5.11 Å². The quantitative estimate of drug-likeness (QED) is 0.753. The molecular weight excluding hydrogens is 384 g/mol. The molecular formula is C23H24N2O5. The summed E-state index contributed by atoms with van der Waals surface area (Å²) in [6.07, 6.45) is -1.45. The van der Waals surface area contributed by atoms with E-state index in [1.807, 2.05) is 45.9 Å². The highest BCUT2D eigenvalue weighted by atomic mass is 16.4. The standard InChI is InChI=1S/C23H24N2O5/c1-12(2)14-8-6-9-15(13(3)4)19(14)25-21(27)17-11-7-10-16(18(17)22(25)28)20(26)24(5)23(29)30/h6-13H,1-5H3,(H,29,30). The Bertz CT molecular complexity index is 1050. The lowest BCUT2D eigenvalue weighted by molar-refractivity contribution is 0.0774. The Kier molecular flexibility index (Phi) is 5.48. The molecule has 0 fully saturated rings. The number of carbonyl (C=O) groups excluding carboxylic acids is 3. The molecule has 0 bridgehead atoms. The van der Waals surface area contributed by atoms with Crippen LogP contribution in [0.2, 0.25) is 0 Å². The van der Waals surface area contributed by atoms with Crippen molar-refractivity contribution >= 4 is 29.5 Å². The molecule has 7 heteroatoms. The first kappa shape index (κ1) is 21.2. The van der Waals surface area contributed by atoms with Crippen LogP contribution in [0.15, 0.2) is 36.4 Å². The summed E-state index contributed by atoms with van der Waals surface area (Å²) in [5.74, 6) is -1.88. The maximum Gasteiger partial charge on any atom is 0.414 e. The van der Waals surface area contributed by atoms with Crippen LogP contribution in [0.4, 0.5) is 10.5 Å². The second-order valence-electron chi connectivity index (χ2n) is 7.92. The summed E-state index contributed by atoms with van der Waals surface area (Å²) in [4.78, 5) is 52.3. The predicted octanol–water partition coefficient (Wildman–Crippen LogP) is 4.48. The summed E-state index contributed by atoms with van der Waals surface area (Å²) in [5, 5.41) is 9.15. The normalized spacial score (nSPS) is 13.2. The molecule has 7 nitrogen and oxygen atoms in total. The summed E-state index contributed by atoms with van der Waals surface area (Å²) >= 11 is 0. The van der Waals surface area contributed by atoms with Gasteiger partial charge in [-0.3, -0.25) is 14.4 Å². The van der Waals surface area contributed by atoms with E-state index in [0.29, 0.717) is 10.6 Å². The van der Waals surface area contributed by atoms with Crippen molar-refractivity contribution in [2.45, 2.75) is 39.5 Å². The third-order valence-electron chi connectivity index (χ3n) is 5.30. The van der Waals surface area contributed by atoms with Crippen LogP contribution in [0.1, 0.15) is 81.7 Å². The molecule has 0 radical (unpaired) electrons. The molecule has 1 N–H and O–H groups in total. The number of amides is 4. The smallest absolute Gasteiger partial charge is 0.414 e. The number of para-hydroxylation sites is 1. The number of benzene rings is 2. The molecule has 0 saturated heterocycles. The van der Waals surface area contributed by atoms with Crippen molar-refractivity contribution in [2.24, 2.45) is 0 Å². The highest BCUT2D eigenvalue weighted by molar-refractivity contribution is 6.37. The summed E-state index contributed by atoms with van der Waals surface area (Å²) in [6, 6.07) is 10.0. The van der Waals surface area contributed by atoms with Gasteiger partial charge in [0.1, 0.15) is 0 Å². The fourth-order valence-corrected chi connectivity index (χ4v) is 3.70. The molecule has 0 unspecified atom stereocenters. The van der Waals surface area contributed by atoms with Crippen LogP contribution >= 0.6 is 0 Å². The topological polar surface area (TPSA) is 95.0 Å². The number of nitrogens with zero attached hydrogens (tertiary/aromatic N) is 2. The molecule has 1 aliphatic heterocycles. The van der Waals surface area contributed by atoms with E-state index in [9.17, 15) is 19.2 Å². The Morgan fingerprint density at radius 3 is 1.93 bits per heavy atom. The van der Waals surface area contributed by atoms with Crippen LogP contribution in [0.5, 0.6) is 0 Å². The number of carboxylic acid groups (broad SMARTS) is 1. The van der Waals surface area contributed by atoms with Gasteiger partial charge >= 0.3 is 6.09 Å². The molecule has 0 atom stereocenters. The Morgan fingerprint density at radius 2 is 1.43 bits per heavy atom. The lowest BCUT2D eigenvalue weighted by Crippen LogP contribution is -2.34. The Morgan fingerprint density at radius 1 is 0.900 bits per heavy atom. The molecule has 2 aromatic carbocycles. The van der Waals surface area contributed by atoms with Crippen LogP contribution in [0.25, 0.3) is 0 Å². The van der Waals surface area contributed by atoms with Crippen LogP contribution < -0.4 is 4.90 Å². The Hall–Kier alpha value is -3.48. The van der Waals surface area contributed by atoms with Crippen molar-refractivity contribution in [1.29, 1.82) is 0 Å². The first-order chi connectivity index (χ1) is 14.1. The van der Waals surface area contributed by atoms with Crippen molar-refractivity contribution in [3.8, 4) is 0 Å². The number of imide groups is 2. The van der Waals surface area contributed by atoms with E-state index in [-0.39, 0.29) is 28.5 Å². The second-order valence-corrected chi connectivity index (χ2v) is 7.92. The Labute approximate surface area is 174 Å². The largest absolute Gasteiger partial charge is 0.465 e. The van der Waals surface area contributed by atoms with Gasteiger partial charge in [-0.2, -0.15) is 0 Å². The van der Waals surface area contributed by atoms with E-state index >= 15 is 0 Å². The summed E-state index contributed by atoms with van der Waals surface area (Å²) in [7, 11) is 1.11. The van der Waals surface area contributed by atoms with E-state index in [1.165, 1.54) is 18.2 Å². The van der Waals surface area contributed by atoms with Gasteiger partial charge in [-0.15, -0.1) is 0 Å². The minimum atomic E-state index is -1.45. The zero-order valence-electron chi connectivity index (χ0n) is 17.6. The lowest BCUT2D eigenvalue weighted by atomic mass is 9.92. The summed E-state index contributed by atoms with van der Waals surface area (Å²) in [5.41, 5.74) is 2.18. The fraction of sp³-hybridized carbons (Fsp3) is 0.304. The molecule has 1 heterocycles. The first-order valence-electron chi connectivity index (χ1n) is 9.73. The van der Waals surface area contributed by atoms with E-state index in [1.54, 1.807) is 0 Å². The van der Waals surface area contributed by atoms with Gasteiger partial charge in [0.25, 0.3) is 17.7 Å². The number of carbonyl (C=O) groups is 4. The van der Waals surface area contributed by atoms with Crippen molar-refractivity contribution in [1.82, 2.24) is 4.90 Å². The third-order valence-corrected chi connectivity index (χ3v) is 5.30. The third kappa shape index (κ3) is 3.26. The number of fused-ring (bicyclic) bond motifs is 1. The average Bonchev–Trinajstić information content (AvgIpc) is 2.96. The van der Waals surface area contributed by atoms with Crippen LogP contribution in [-0.2, 0) is 0 Å². The second kappa shape index (κ2) is 7.74. The van der Waals surface area contributed by atoms with Crippen molar-refractivity contribution in [2.75, 3.05) is 11.9 Å². The van der Waals surface area contributed by atoms with E-state index < -0.39 is 23.8 Å². The number of rotatable bonds is 4. The number of hydrogen-bond donors (Lipinski definition) is 1. The molecule has 0 aromatic heterocycles. The molecule has 0 spiro atoms. The maximum atomic E-state index is 13.5. The molecule has 2 aromatic rings. The SMILES string of the molecule is CC(C)c1cccc(C(C)C)c1N1C(=O)c2cccc(C(=O)N(C)C(=O)O)c2C1=O. The van der Waals surface area contributed by atoms with Gasteiger partial charge in [-0.1, -0.05) is 52.0 Å². The van der Waals surface area contributed by atoms with Gasteiger partial charge in [-0.25, -0.2) is 14.6 Å². The lowest BCUT2D eigenvalue weighted by Gasteiger charge is -2.25. The Balaban J connectivity index is 2.22. The highest BCUT2D eigenvalue weighted by Gasteiger charge is 2.42. The van der Waals surface area contributed by atoms with Gasteiger partial charge in [0.2, 0.25) is 0 Å². The van der Waals surface area contributed by atoms with Crippen molar-refractivity contribution in [3.05, 3.63) is 64.2 Å². The van der Waals surface area contributed by atoms with Gasteiger partial charge < -0.3 is 5.11 Å². The predicted molar refractivity (Wildman–Crippen MR) is 112 cm³/mol. The van der Waals surface area contributed by atoms with Crippen LogP contribution in [0.3, 0.4) is 0 Å². The van der Waals surface area contributed by atoms with Crippen LogP contribution in [0, 0.1) is 0 Å². The minimum Gasteiger partial charge on any atom is -0.465 e. The van der Waals surface area contributed by atoms with Gasteiger partial charge in [0, 0.05) is 7.05 Å². The maximum absolute atomic E-state index is 13.5. The van der Waals surface area contributed by atoms with E-state index in [2.05, 4.69) is 0 Å². The van der Waals surface area contributed by atoms with Crippen LogP contribution in [-0.4, -0.2) is 40.9 Å².